The Balaban J connectivity index is 1.58. The summed E-state index contributed by atoms with van der Waals surface area (Å²) in [4.78, 5) is 4.08. The van der Waals surface area contributed by atoms with E-state index in [0.29, 0.717) is 6.04 Å². The van der Waals surface area contributed by atoms with Crippen LogP contribution in [0.3, 0.4) is 0 Å². The molecule has 3 heteroatoms. The van der Waals surface area contributed by atoms with Gasteiger partial charge in [-0.25, -0.2) is 4.98 Å². The molecule has 1 fully saturated rings. The summed E-state index contributed by atoms with van der Waals surface area (Å²) in [6, 6.07) is 9.38. The van der Waals surface area contributed by atoms with E-state index in [1.165, 1.54) is 24.1 Å². The minimum absolute atomic E-state index is 0.658. The highest BCUT2D eigenvalue weighted by atomic mass is 15.0. The first-order valence-electron chi connectivity index (χ1n) is 7.52. The zero-order chi connectivity index (χ0) is 13.9. The Morgan fingerprint density at radius 2 is 2.20 bits per heavy atom. The predicted molar refractivity (Wildman–Crippen MR) is 82.7 cm³/mol. The largest absolute Gasteiger partial charge is 0.382 e. The molecule has 1 aromatic carbocycles. The molecule has 0 atom stereocenters. The first-order valence-corrected chi connectivity index (χ1v) is 7.52. The van der Waals surface area contributed by atoms with Gasteiger partial charge in [-0.1, -0.05) is 26.0 Å². The third-order valence-electron chi connectivity index (χ3n) is 4.34. The fourth-order valence-corrected chi connectivity index (χ4v) is 2.91. The van der Waals surface area contributed by atoms with E-state index in [4.69, 9.17) is 0 Å². The first-order chi connectivity index (χ1) is 9.70. The van der Waals surface area contributed by atoms with Gasteiger partial charge in [0.25, 0.3) is 0 Å². The molecule has 1 heterocycles. The third-order valence-corrected chi connectivity index (χ3v) is 4.34. The Bertz CT molecular complexity index is 539. The molecule has 0 unspecified atom stereocenters. The number of aromatic nitrogens is 2. The number of hydrogen-bond donors (Lipinski definition) is 1. The van der Waals surface area contributed by atoms with Gasteiger partial charge in [0.15, 0.2) is 0 Å². The molecule has 1 aromatic heterocycles. The molecule has 1 saturated carbocycles. The molecule has 2 aromatic rings. The van der Waals surface area contributed by atoms with E-state index >= 15 is 0 Å². The second-order valence-corrected chi connectivity index (χ2v) is 6.25. The Labute approximate surface area is 121 Å². The third kappa shape index (κ3) is 3.03. The van der Waals surface area contributed by atoms with Gasteiger partial charge in [0.1, 0.15) is 0 Å². The molecule has 0 saturated heterocycles. The average molecular weight is 269 g/mol. The normalized spacial score (nSPS) is 21.8. The minimum atomic E-state index is 0.658. The molecule has 0 radical (unpaired) electrons. The molecule has 0 amide bonds. The molecule has 0 aliphatic heterocycles. The highest BCUT2D eigenvalue weighted by Gasteiger charge is 2.30. The van der Waals surface area contributed by atoms with Crippen molar-refractivity contribution in [2.45, 2.75) is 39.3 Å². The summed E-state index contributed by atoms with van der Waals surface area (Å²) in [5.74, 6) is 1.72. The summed E-state index contributed by atoms with van der Waals surface area (Å²) < 4.78 is 2.09. The van der Waals surface area contributed by atoms with Crippen molar-refractivity contribution in [1.82, 2.24) is 9.55 Å². The highest BCUT2D eigenvalue weighted by Crippen LogP contribution is 2.35. The smallest absolute Gasteiger partial charge is 0.0949 e. The molecular weight excluding hydrogens is 246 g/mol. The van der Waals surface area contributed by atoms with Crippen LogP contribution in [0.25, 0.3) is 0 Å². The van der Waals surface area contributed by atoms with E-state index in [-0.39, 0.29) is 0 Å². The van der Waals surface area contributed by atoms with Crippen LogP contribution < -0.4 is 5.32 Å². The second-order valence-electron chi connectivity index (χ2n) is 6.25. The van der Waals surface area contributed by atoms with Gasteiger partial charge in [-0.15, -0.1) is 0 Å². The number of nitrogens with zero attached hydrogens (tertiary/aromatic N) is 2. The Morgan fingerprint density at radius 3 is 2.90 bits per heavy atom. The lowest BCUT2D eigenvalue weighted by Gasteiger charge is -2.39. The molecule has 0 spiro atoms. The maximum Gasteiger partial charge on any atom is 0.0949 e. The zero-order valence-corrected chi connectivity index (χ0v) is 12.3. The number of benzene rings is 1. The summed E-state index contributed by atoms with van der Waals surface area (Å²) in [5, 5.41) is 3.66. The standard InChI is InChI=1S/C17H23N3/c1-13(2)15-9-17(10-15)19-16-5-3-4-14(8-16)11-20-7-6-18-12-20/h3-8,12-13,15,17,19H,9-11H2,1-2H3. The van der Waals surface area contributed by atoms with Gasteiger partial charge < -0.3 is 9.88 Å². The zero-order valence-electron chi connectivity index (χ0n) is 12.3. The minimum Gasteiger partial charge on any atom is -0.382 e. The molecule has 1 aliphatic rings. The van der Waals surface area contributed by atoms with Gasteiger partial charge in [0.05, 0.1) is 6.33 Å². The molecule has 3 nitrogen and oxygen atoms in total. The molecule has 0 bridgehead atoms. The monoisotopic (exact) mass is 269 g/mol. The van der Waals surface area contributed by atoms with Crippen molar-refractivity contribution in [3.63, 3.8) is 0 Å². The number of rotatable bonds is 5. The van der Waals surface area contributed by atoms with Gasteiger partial charge >= 0.3 is 0 Å². The van der Waals surface area contributed by atoms with Crippen LogP contribution in [0.15, 0.2) is 43.0 Å². The Hall–Kier alpha value is -1.77. The lowest BCUT2D eigenvalue weighted by Crippen LogP contribution is -2.37. The number of imidazole rings is 1. The van der Waals surface area contributed by atoms with Crippen molar-refractivity contribution in [2.75, 3.05) is 5.32 Å². The molecule has 106 valence electrons. The highest BCUT2D eigenvalue weighted by molar-refractivity contribution is 5.47. The quantitative estimate of drug-likeness (QED) is 0.895. The lowest BCUT2D eigenvalue weighted by molar-refractivity contribution is 0.212. The van der Waals surface area contributed by atoms with Crippen LogP contribution in [0, 0.1) is 11.8 Å². The average Bonchev–Trinajstić information content (AvgIpc) is 2.86. The van der Waals surface area contributed by atoms with Crippen molar-refractivity contribution in [2.24, 2.45) is 11.8 Å². The van der Waals surface area contributed by atoms with Crippen LogP contribution in [-0.4, -0.2) is 15.6 Å². The lowest BCUT2D eigenvalue weighted by atomic mass is 9.73. The van der Waals surface area contributed by atoms with E-state index < -0.39 is 0 Å². The Morgan fingerprint density at radius 1 is 1.35 bits per heavy atom. The van der Waals surface area contributed by atoms with E-state index in [0.717, 1.165) is 18.4 Å². The van der Waals surface area contributed by atoms with E-state index in [1.54, 1.807) is 0 Å². The summed E-state index contributed by atoms with van der Waals surface area (Å²) in [5.41, 5.74) is 2.56. The predicted octanol–water partition coefficient (Wildman–Crippen LogP) is 3.78. The van der Waals surface area contributed by atoms with Crippen LogP contribution in [0.2, 0.25) is 0 Å². The van der Waals surface area contributed by atoms with Crippen molar-refractivity contribution < 1.29 is 0 Å². The molecule has 3 rings (SSSR count). The second kappa shape index (κ2) is 5.70. The maximum absolute atomic E-state index is 4.08. The van der Waals surface area contributed by atoms with Crippen LogP contribution in [0.1, 0.15) is 32.3 Å². The van der Waals surface area contributed by atoms with Crippen LogP contribution >= 0.6 is 0 Å². The number of hydrogen-bond acceptors (Lipinski definition) is 2. The summed E-state index contributed by atoms with van der Waals surface area (Å²) >= 11 is 0. The molecule has 20 heavy (non-hydrogen) atoms. The summed E-state index contributed by atoms with van der Waals surface area (Å²) in [7, 11) is 0. The fourth-order valence-electron chi connectivity index (χ4n) is 2.91. The van der Waals surface area contributed by atoms with Gasteiger partial charge in [-0.2, -0.15) is 0 Å². The van der Waals surface area contributed by atoms with Crippen molar-refractivity contribution in [1.29, 1.82) is 0 Å². The van der Waals surface area contributed by atoms with E-state index in [1.807, 2.05) is 18.7 Å². The van der Waals surface area contributed by atoms with E-state index in [9.17, 15) is 0 Å². The number of nitrogens with one attached hydrogen (secondary N) is 1. The van der Waals surface area contributed by atoms with Crippen LogP contribution in [0.4, 0.5) is 5.69 Å². The SMILES string of the molecule is CC(C)C1CC(Nc2cccc(Cn3ccnc3)c2)C1. The van der Waals surface area contributed by atoms with E-state index in [2.05, 4.69) is 53.0 Å². The Kier molecular flexibility index (Phi) is 3.77. The fraction of sp³-hybridized carbons (Fsp3) is 0.471. The van der Waals surface area contributed by atoms with Gasteiger partial charge in [-0.3, -0.25) is 0 Å². The maximum atomic E-state index is 4.08. The van der Waals surface area contributed by atoms with Crippen molar-refractivity contribution >= 4 is 5.69 Å². The summed E-state index contributed by atoms with van der Waals surface area (Å²) in [6.45, 7) is 5.54. The van der Waals surface area contributed by atoms with Crippen LogP contribution in [0.5, 0.6) is 0 Å². The summed E-state index contributed by atoms with van der Waals surface area (Å²) in [6.07, 6.45) is 8.30. The topological polar surface area (TPSA) is 29.9 Å². The molecule has 1 N–H and O–H groups in total. The first kappa shape index (κ1) is 13.2. The van der Waals surface area contributed by atoms with Gasteiger partial charge in [0, 0.05) is 30.7 Å². The van der Waals surface area contributed by atoms with Crippen molar-refractivity contribution in [3.05, 3.63) is 48.5 Å². The number of anilines is 1. The van der Waals surface area contributed by atoms with Crippen molar-refractivity contribution in [3.8, 4) is 0 Å². The van der Waals surface area contributed by atoms with Gasteiger partial charge in [0.2, 0.25) is 0 Å². The molecular formula is C17H23N3. The molecule has 1 aliphatic carbocycles. The van der Waals surface area contributed by atoms with Crippen LogP contribution in [-0.2, 0) is 6.54 Å². The van der Waals surface area contributed by atoms with Gasteiger partial charge in [-0.05, 0) is 42.4 Å².